The maximum absolute atomic E-state index is 15.0. The molecule has 2 heterocycles. The predicted molar refractivity (Wildman–Crippen MR) is 121 cm³/mol. The number of hydrogen-bond acceptors (Lipinski definition) is 5. The van der Waals surface area contributed by atoms with E-state index in [1.807, 2.05) is 31.2 Å². The average Bonchev–Trinajstić information content (AvgIpc) is 2.75. The Morgan fingerprint density at radius 2 is 1.70 bits per heavy atom. The van der Waals surface area contributed by atoms with Crippen molar-refractivity contribution in [2.45, 2.75) is 33.1 Å². The first kappa shape index (κ1) is 22.6. The molecule has 33 heavy (non-hydrogen) atoms. The predicted octanol–water partition coefficient (Wildman–Crippen LogP) is 5.52. The van der Waals surface area contributed by atoms with Gasteiger partial charge in [0.05, 0.1) is 0 Å². The van der Waals surface area contributed by atoms with Gasteiger partial charge in [-0.1, -0.05) is 17.7 Å². The number of halogens is 2. The first-order chi connectivity index (χ1) is 15.8. The van der Waals surface area contributed by atoms with Gasteiger partial charge in [0, 0.05) is 36.8 Å². The second-order valence-corrected chi connectivity index (χ2v) is 8.40. The number of nitrogens with zero attached hydrogens (tertiary/aromatic N) is 3. The Labute approximate surface area is 190 Å². The molecule has 1 saturated heterocycles. The highest BCUT2D eigenvalue weighted by Gasteiger charge is 2.26. The number of anilines is 1. The minimum atomic E-state index is -0.848. The van der Waals surface area contributed by atoms with Crippen molar-refractivity contribution in [2.75, 3.05) is 18.0 Å². The van der Waals surface area contributed by atoms with Crippen molar-refractivity contribution in [3.05, 3.63) is 65.4 Å². The molecule has 2 aromatic carbocycles. The topological polar surface area (TPSA) is 75.5 Å². The van der Waals surface area contributed by atoms with Crippen LogP contribution >= 0.6 is 0 Å². The lowest BCUT2D eigenvalue weighted by molar-refractivity contribution is -0.138. The number of aryl methyl sites for hydroxylation is 2. The van der Waals surface area contributed by atoms with Gasteiger partial charge in [-0.15, -0.1) is 0 Å². The van der Waals surface area contributed by atoms with E-state index in [1.54, 1.807) is 17.9 Å². The second kappa shape index (κ2) is 9.52. The lowest BCUT2D eigenvalue weighted by Gasteiger charge is -2.33. The average molecular weight is 453 g/mol. The third-order valence-corrected chi connectivity index (χ3v) is 5.74. The van der Waals surface area contributed by atoms with Gasteiger partial charge < -0.3 is 14.7 Å². The third-order valence-electron chi connectivity index (χ3n) is 5.74. The van der Waals surface area contributed by atoms with E-state index in [-0.39, 0.29) is 35.3 Å². The summed E-state index contributed by atoms with van der Waals surface area (Å²) >= 11 is 0. The van der Waals surface area contributed by atoms with Crippen LogP contribution in [0.3, 0.4) is 0 Å². The fourth-order valence-corrected chi connectivity index (χ4v) is 4.05. The van der Waals surface area contributed by atoms with Crippen LogP contribution in [-0.4, -0.2) is 34.1 Å². The SMILES string of the molecule is Cc1ccc(Oc2cc(C)nc(-c3cc(F)c(N4CCC(CC(=O)O)CC4)c(F)c3)n2)cc1. The highest BCUT2D eigenvalue weighted by Crippen LogP contribution is 2.33. The van der Waals surface area contributed by atoms with E-state index in [0.717, 1.165) is 5.56 Å². The summed E-state index contributed by atoms with van der Waals surface area (Å²) in [5.41, 5.74) is 1.81. The number of rotatable bonds is 6. The number of carboxylic acid groups (broad SMARTS) is 1. The maximum atomic E-state index is 15.0. The summed E-state index contributed by atoms with van der Waals surface area (Å²) in [4.78, 5) is 21.2. The first-order valence-electron chi connectivity index (χ1n) is 10.8. The van der Waals surface area contributed by atoms with E-state index in [4.69, 9.17) is 9.84 Å². The van der Waals surface area contributed by atoms with E-state index in [1.165, 1.54) is 12.1 Å². The van der Waals surface area contributed by atoms with Crippen LogP contribution in [0.25, 0.3) is 11.4 Å². The van der Waals surface area contributed by atoms with Crippen molar-refractivity contribution in [1.82, 2.24) is 9.97 Å². The van der Waals surface area contributed by atoms with E-state index in [2.05, 4.69) is 9.97 Å². The van der Waals surface area contributed by atoms with Crippen molar-refractivity contribution >= 4 is 11.7 Å². The summed E-state index contributed by atoms with van der Waals surface area (Å²) in [5.74, 6) is -1.17. The Kier molecular flexibility index (Phi) is 6.53. The van der Waals surface area contributed by atoms with Gasteiger partial charge in [0.1, 0.15) is 23.1 Å². The molecule has 1 aliphatic rings. The van der Waals surface area contributed by atoms with Crippen LogP contribution < -0.4 is 9.64 Å². The molecule has 8 heteroatoms. The van der Waals surface area contributed by atoms with Gasteiger partial charge in [-0.05, 0) is 56.9 Å². The van der Waals surface area contributed by atoms with Gasteiger partial charge in [-0.2, -0.15) is 4.98 Å². The quantitative estimate of drug-likeness (QED) is 0.530. The molecule has 3 aromatic rings. The maximum Gasteiger partial charge on any atom is 0.303 e. The van der Waals surface area contributed by atoms with Crippen molar-refractivity contribution < 1.29 is 23.4 Å². The highest BCUT2D eigenvalue weighted by molar-refractivity contribution is 5.67. The summed E-state index contributed by atoms with van der Waals surface area (Å²) in [7, 11) is 0. The summed E-state index contributed by atoms with van der Waals surface area (Å²) in [6, 6.07) is 11.6. The molecular formula is C25H25F2N3O3. The molecule has 0 aliphatic carbocycles. The number of aliphatic carboxylic acids is 1. The van der Waals surface area contributed by atoms with E-state index < -0.39 is 17.6 Å². The number of carbonyl (C=O) groups is 1. The van der Waals surface area contributed by atoms with Crippen molar-refractivity contribution in [3.63, 3.8) is 0 Å². The Morgan fingerprint density at radius 1 is 1.06 bits per heavy atom. The molecule has 6 nitrogen and oxygen atoms in total. The molecule has 1 aliphatic heterocycles. The molecule has 1 N–H and O–H groups in total. The van der Waals surface area contributed by atoms with Crippen molar-refractivity contribution in [2.24, 2.45) is 5.92 Å². The van der Waals surface area contributed by atoms with Crippen LogP contribution in [-0.2, 0) is 4.79 Å². The molecule has 1 aromatic heterocycles. The zero-order valence-corrected chi connectivity index (χ0v) is 18.5. The van der Waals surface area contributed by atoms with E-state index in [0.29, 0.717) is 37.4 Å². The smallest absolute Gasteiger partial charge is 0.303 e. The van der Waals surface area contributed by atoms with Crippen LogP contribution in [0.15, 0.2) is 42.5 Å². The number of hydrogen-bond donors (Lipinski definition) is 1. The summed E-state index contributed by atoms with van der Waals surface area (Å²) in [6.45, 7) is 4.54. The molecule has 0 unspecified atom stereocenters. The molecule has 0 amide bonds. The number of piperidine rings is 1. The molecule has 0 bridgehead atoms. The summed E-state index contributed by atoms with van der Waals surface area (Å²) < 4.78 is 35.8. The molecule has 172 valence electrons. The highest BCUT2D eigenvalue weighted by atomic mass is 19.1. The normalized spacial score (nSPS) is 14.4. The van der Waals surface area contributed by atoms with Crippen LogP contribution in [0.2, 0.25) is 0 Å². The first-order valence-corrected chi connectivity index (χ1v) is 10.8. The molecule has 0 radical (unpaired) electrons. The fraction of sp³-hybridized carbons (Fsp3) is 0.320. The summed E-state index contributed by atoms with van der Waals surface area (Å²) in [6.07, 6.45) is 1.23. The van der Waals surface area contributed by atoms with Crippen molar-refractivity contribution in [3.8, 4) is 23.0 Å². The van der Waals surface area contributed by atoms with Gasteiger partial charge >= 0.3 is 5.97 Å². The Balaban J connectivity index is 1.56. The lowest BCUT2D eigenvalue weighted by atomic mass is 9.93. The fourth-order valence-electron chi connectivity index (χ4n) is 4.05. The minimum absolute atomic E-state index is 0.0248. The molecule has 0 atom stereocenters. The van der Waals surface area contributed by atoms with E-state index >= 15 is 8.78 Å². The summed E-state index contributed by atoms with van der Waals surface area (Å²) in [5, 5.41) is 8.95. The zero-order valence-electron chi connectivity index (χ0n) is 18.5. The van der Waals surface area contributed by atoms with Crippen LogP contribution in [0.1, 0.15) is 30.5 Å². The molecule has 1 fully saturated rings. The Hall–Kier alpha value is -3.55. The zero-order chi connectivity index (χ0) is 23.5. The van der Waals surface area contributed by atoms with Crippen molar-refractivity contribution in [1.29, 1.82) is 0 Å². The monoisotopic (exact) mass is 453 g/mol. The van der Waals surface area contributed by atoms with Gasteiger partial charge in [-0.25, -0.2) is 13.8 Å². The molecular weight excluding hydrogens is 428 g/mol. The molecule has 4 rings (SSSR count). The Bertz CT molecular complexity index is 1140. The second-order valence-electron chi connectivity index (χ2n) is 8.40. The van der Waals surface area contributed by atoms with Gasteiger partial charge in [0.15, 0.2) is 5.82 Å². The van der Waals surface area contributed by atoms with Gasteiger partial charge in [-0.3, -0.25) is 4.79 Å². The van der Waals surface area contributed by atoms with Crippen LogP contribution in [0.4, 0.5) is 14.5 Å². The molecule has 0 saturated carbocycles. The number of ether oxygens (including phenoxy) is 1. The lowest BCUT2D eigenvalue weighted by Crippen LogP contribution is -2.35. The standard InChI is InChI=1S/C25H25F2N3O3/c1-15-3-5-19(6-4-15)33-22-11-16(2)28-25(29-22)18-13-20(26)24(21(27)14-18)30-9-7-17(8-10-30)12-23(31)32/h3-6,11,13-14,17H,7-10,12H2,1-2H3,(H,31,32). The Morgan fingerprint density at radius 3 is 2.30 bits per heavy atom. The minimum Gasteiger partial charge on any atom is -0.481 e. The largest absolute Gasteiger partial charge is 0.481 e. The third kappa shape index (κ3) is 5.45. The number of aromatic nitrogens is 2. The van der Waals surface area contributed by atoms with E-state index in [9.17, 15) is 4.79 Å². The number of carboxylic acids is 1. The van der Waals surface area contributed by atoms with Crippen LogP contribution in [0, 0.1) is 31.4 Å². The number of benzene rings is 2. The molecule has 0 spiro atoms. The van der Waals surface area contributed by atoms with Gasteiger partial charge in [0.2, 0.25) is 5.88 Å². The van der Waals surface area contributed by atoms with Gasteiger partial charge in [0.25, 0.3) is 0 Å². The van der Waals surface area contributed by atoms with Crippen LogP contribution in [0.5, 0.6) is 11.6 Å².